The Kier molecular flexibility index (Phi) is 11.6. The van der Waals surface area contributed by atoms with E-state index in [1.807, 2.05) is 42.5 Å². The van der Waals surface area contributed by atoms with E-state index in [0.717, 1.165) is 10.4 Å². The molecule has 0 aliphatic heterocycles. The van der Waals surface area contributed by atoms with Crippen molar-refractivity contribution in [1.82, 2.24) is 9.97 Å². The van der Waals surface area contributed by atoms with Crippen molar-refractivity contribution in [1.29, 1.82) is 0 Å². The van der Waals surface area contributed by atoms with Crippen LogP contribution in [0.4, 0.5) is 16.3 Å². The van der Waals surface area contributed by atoms with E-state index in [1.54, 1.807) is 45.9 Å². The van der Waals surface area contributed by atoms with Crippen molar-refractivity contribution in [3.05, 3.63) is 118 Å². The Morgan fingerprint density at radius 3 is 1.98 bits per heavy atom. The summed E-state index contributed by atoms with van der Waals surface area (Å²) in [5, 5.41) is 2.89. The van der Waals surface area contributed by atoms with E-state index in [2.05, 4.69) is 56.6 Å². The van der Waals surface area contributed by atoms with Crippen LogP contribution < -0.4 is 15.3 Å². The molecule has 4 aromatic rings. The fourth-order valence-electron chi connectivity index (χ4n) is 5.78. The van der Waals surface area contributed by atoms with Gasteiger partial charge in [-0.15, -0.1) is 6.58 Å². The van der Waals surface area contributed by atoms with Crippen LogP contribution in [-0.2, 0) is 9.16 Å². The van der Waals surface area contributed by atoms with Gasteiger partial charge in [0.05, 0.1) is 10.7 Å². The number of rotatable bonds is 10. The van der Waals surface area contributed by atoms with E-state index in [1.165, 1.54) is 4.90 Å². The van der Waals surface area contributed by atoms with Gasteiger partial charge in [0.25, 0.3) is 8.32 Å². The van der Waals surface area contributed by atoms with Crippen LogP contribution in [0.1, 0.15) is 65.3 Å². The molecule has 0 fully saturated rings. The highest BCUT2D eigenvalue weighted by Gasteiger charge is 2.50. The number of hydrogen-bond acceptors (Lipinski definition) is 5. The second-order valence-electron chi connectivity index (χ2n) is 13.4. The van der Waals surface area contributed by atoms with Crippen LogP contribution in [-0.4, -0.2) is 36.6 Å². The number of halogens is 3. The quantitative estimate of drug-likeness (QED) is 0.0932. The molecule has 1 atom stereocenters. The highest BCUT2D eigenvalue weighted by Crippen LogP contribution is 2.43. The average Bonchev–Trinajstić information content (AvgIpc) is 2.98. The van der Waals surface area contributed by atoms with Crippen LogP contribution in [0.5, 0.6) is 0 Å². The summed E-state index contributed by atoms with van der Waals surface area (Å²) in [6.07, 6.45) is 1.60. The van der Waals surface area contributed by atoms with Crippen molar-refractivity contribution in [3.8, 4) is 0 Å². The Hall–Kier alpha value is -3.20. The van der Waals surface area contributed by atoms with E-state index >= 15 is 0 Å². The molecule has 0 aliphatic rings. The Labute approximate surface area is 294 Å². The van der Waals surface area contributed by atoms with Crippen LogP contribution in [0.25, 0.3) is 0 Å². The van der Waals surface area contributed by atoms with Crippen LogP contribution in [0.3, 0.4) is 0 Å². The molecule has 4 rings (SSSR count). The monoisotopic (exact) mass is 709 g/mol. The Morgan fingerprint density at radius 2 is 1.49 bits per heavy atom. The number of hydrogen-bond donors (Lipinski definition) is 0. The molecule has 248 valence electrons. The van der Waals surface area contributed by atoms with Crippen molar-refractivity contribution in [2.24, 2.45) is 0 Å². The lowest BCUT2D eigenvalue weighted by molar-refractivity contribution is 0.0597. The van der Waals surface area contributed by atoms with Gasteiger partial charge in [-0.3, -0.25) is 0 Å². The molecule has 0 radical (unpaired) electrons. The van der Waals surface area contributed by atoms with Crippen molar-refractivity contribution in [3.63, 3.8) is 0 Å². The largest absolute Gasteiger partial charge is 0.443 e. The molecule has 10 heteroatoms. The predicted octanol–water partition coefficient (Wildman–Crippen LogP) is 10.1. The molecule has 1 heterocycles. The second-order valence-corrected chi connectivity index (χ2v) is 18.9. The number of nitrogens with zero attached hydrogens (tertiary/aromatic N) is 3. The molecular weight excluding hydrogens is 669 g/mol. The lowest BCUT2D eigenvalue weighted by Crippen LogP contribution is -2.66. The minimum atomic E-state index is -2.94. The maximum atomic E-state index is 14.0. The normalized spacial score (nSPS) is 12.8. The van der Waals surface area contributed by atoms with Gasteiger partial charge >= 0.3 is 6.09 Å². The first-order chi connectivity index (χ1) is 22.1. The fourth-order valence-corrected chi connectivity index (χ4v) is 11.2. The summed E-state index contributed by atoms with van der Waals surface area (Å²) in [5.74, 6) is 0.227. The molecule has 0 saturated carbocycles. The summed E-state index contributed by atoms with van der Waals surface area (Å²) < 4.78 is 13.2. The maximum Gasteiger partial charge on any atom is 0.420 e. The van der Waals surface area contributed by atoms with E-state index in [-0.39, 0.29) is 27.6 Å². The van der Waals surface area contributed by atoms with Crippen molar-refractivity contribution >= 4 is 71.1 Å². The standard InChI is InChI=1S/C37H42Cl3N3O3Si/c1-9-16-26(24-45-47(37(6,7)8,28-17-12-10-13-18-28)29-19-14-11-15-20-29)32-33(40)41-25(2)42-34(32)43(35(44)46-36(3,4)5)31-22-21-27(38)23-30(31)39/h9-15,17-23,26H,1,16,24H2,2-8H3. The molecule has 0 aliphatic carbocycles. The number of aromatic nitrogens is 2. The van der Waals surface area contributed by atoms with Crippen molar-refractivity contribution in [2.45, 2.75) is 71.4 Å². The summed E-state index contributed by atoms with van der Waals surface area (Å²) in [4.78, 5) is 24.7. The molecule has 6 nitrogen and oxygen atoms in total. The third-order valence-electron chi connectivity index (χ3n) is 7.71. The molecule has 1 unspecified atom stereocenters. The number of anilines is 2. The molecule has 0 bridgehead atoms. The highest BCUT2D eigenvalue weighted by atomic mass is 35.5. The van der Waals surface area contributed by atoms with Gasteiger partial charge in [0, 0.05) is 23.1 Å². The molecule has 1 aromatic heterocycles. The SMILES string of the molecule is C=CCC(CO[Si](c1ccccc1)(c1ccccc1)C(C)(C)C)c1c(Cl)nc(C)nc1N(C(=O)OC(C)(C)C)c1ccc(Cl)cc1Cl. The minimum absolute atomic E-state index is 0.198. The number of carbonyl (C=O) groups is 1. The molecule has 47 heavy (non-hydrogen) atoms. The molecule has 0 saturated heterocycles. The third kappa shape index (κ3) is 8.27. The van der Waals surface area contributed by atoms with E-state index in [4.69, 9.17) is 48.9 Å². The van der Waals surface area contributed by atoms with Gasteiger partial charge in [-0.05, 0) is 67.7 Å². The molecule has 0 spiro atoms. The number of benzene rings is 3. The van der Waals surface area contributed by atoms with Gasteiger partial charge in [0.2, 0.25) is 0 Å². The van der Waals surface area contributed by atoms with Crippen LogP contribution in [0, 0.1) is 6.92 Å². The molecule has 1 amide bonds. The predicted molar refractivity (Wildman–Crippen MR) is 198 cm³/mol. The molecular formula is C37H42Cl3N3O3Si. The molecule has 0 N–H and O–H groups in total. The summed E-state index contributed by atoms with van der Waals surface area (Å²) in [6.45, 7) is 18.1. The van der Waals surface area contributed by atoms with Gasteiger partial charge in [-0.2, -0.15) is 0 Å². The first kappa shape index (κ1) is 36.6. The first-order valence-electron chi connectivity index (χ1n) is 15.5. The topological polar surface area (TPSA) is 64.6 Å². The highest BCUT2D eigenvalue weighted by molar-refractivity contribution is 6.99. The van der Waals surface area contributed by atoms with Crippen molar-refractivity contribution < 1.29 is 14.0 Å². The Morgan fingerprint density at radius 1 is 0.915 bits per heavy atom. The van der Waals surface area contributed by atoms with Crippen molar-refractivity contribution in [2.75, 3.05) is 11.5 Å². The van der Waals surface area contributed by atoms with Crippen LogP contribution in [0.15, 0.2) is 91.5 Å². The lowest BCUT2D eigenvalue weighted by Gasteiger charge is -2.44. The number of aryl methyl sites for hydroxylation is 1. The Balaban J connectivity index is 1.94. The third-order valence-corrected chi connectivity index (χ3v) is 13.5. The number of allylic oxidation sites excluding steroid dienone is 1. The number of ether oxygens (including phenoxy) is 1. The minimum Gasteiger partial charge on any atom is -0.443 e. The maximum absolute atomic E-state index is 14.0. The zero-order valence-electron chi connectivity index (χ0n) is 28.0. The van der Waals surface area contributed by atoms with E-state index in [9.17, 15) is 4.79 Å². The summed E-state index contributed by atoms with van der Waals surface area (Å²) in [7, 11) is -2.94. The van der Waals surface area contributed by atoms with Gasteiger partial charge in [-0.25, -0.2) is 19.7 Å². The van der Waals surface area contributed by atoms with Gasteiger partial charge < -0.3 is 9.16 Å². The average molecular weight is 711 g/mol. The van der Waals surface area contributed by atoms with Crippen LogP contribution in [0.2, 0.25) is 20.2 Å². The second kappa shape index (κ2) is 14.9. The zero-order chi connectivity index (χ0) is 34.6. The zero-order valence-corrected chi connectivity index (χ0v) is 31.2. The van der Waals surface area contributed by atoms with Gasteiger partial charge in [0.15, 0.2) is 5.82 Å². The van der Waals surface area contributed by atoms with E-state index in [0.29, 0.717) is 28.5 Å². The smallest absolute Gasteiger partial charge is 0.420 e. The van der Waals surface area contributed by atoms with Crippen LogP contribution >= 0.6 is 34.8 Å². The van der Waals surface area contributed by atoms with E-state index < -0.39 is 25.9 Å². The van der Waals surface area contributed by atoms with Gasteiger partial charge in [-0.1, -0.05) is 122 Å². The number of carbonyl (C=O) groups excluding carboxylic acids is 1. The molecule has 3 aromatic carbocycles. The Bertz CT molecular complexity index is 1670. The summed E-state index contributed by atoms with van der Waals surface area (Å²) in [5.41, 5.74) is 0.0469. The number of amides is 1. The van der Waals surface area contributed by atoms with Gasteiger partial charge in [0.1, 0.15) is 16.6 Å². The summed E-state index contributed by atoms with van der Waals surface area (Å²) >= 11 is 20.0. The first-order valence-corrected chi connectivity index (χ1v) is 18.5. The lowest BCUT2D eigenvalue weighted by atomic mass is 9.97. The summed E-state index contributed by atoms with van der Waals surface area (Å²) in [6, 6.07) is 25.7. The fraction of sp³-hybridized carbons (Fsp3) is 0.324.